The fourth-order valence-electron chi connectivity index (χ4n) is 1.14. The molecular formula is C10H12ClN3O3. The highest BCUT2D eigenvalue weighted by Gasteiger charge is 2.10. The Hall–Kier alpha value is -1.82. The largest absolute Gasteiger partial charge is 0.326 e. The lowest BCUT2D eigenvalue weighted by Crippen LogP contribution is -2.32. The van der Waals surface area contributed by atoms with Crippen LogP contribution >= 0.6 is 11.6 Å². The van der Waals surface area contributed by atoms with Gasteiger partial charge >= 0.3 is 6.03 Å². The number of nitrogens with zero attached hydrogens (tertiary/aromatic N) is 2. The van der Waals surface area contributed by atoms with Crippen LogP contribution in [0.1, 0.15) is 0 Å². The van der Waals surface area contributed by atoms with Crippen molar-refractivity contribution in [3.63, 3.8) is 0 Å². The van der Waals surface area contributed by atoms with Crippen molar-refractivity contribution in [3.05, 3.63) is 34.4 Å². The van der Waals surface area contributed by atoms with E-state index >= 15 is 0 Å². The Labute approximate surface area is 103 Å². The van der Waals surface area contributed by atoms with Crippen LogP contribution < -0.4 is 5.32 Å². The summed E-state index contributed by atoms with van der Waals surface area (Å²) in [5.74, 6) is 0.332. The highest BCUT2D eigenvalue weighted by atomic mass is 35.5. The molecule has 0 radical (unpaired) electrons. The molecule has 0 aliphatic rings. The van der Waals surface area contributed by atoms with Crippen molar-refractivity contribution in [1.29, 1.82) is 0 Å². The summed E-state index contributed by atoms with van der Waals surface area (Å²) >= 11 is 5.50. The number of nitro groups is 1. The van der Waals surface area contributed by atoms with Crippen LogP contribution in [0.5, 0.6) is 0 Å². The van der Waals surface area contributed by atoms with E-state index in [4.69, 9.17) is 11.6 Å². The zero-order valence-corrected chi connectivity index (χ0v) is 9.98. The van der Waals surface area contributed by atoms with Gasteiger partial charge < -0.3 is 10.2 Å². The number of hydrogen-bond acceptors (Lipinski definition) is 3. The molecule has 1 aromatic rings. The van der Waals surface area contributed by atoms with E-state index in [-0.39, 0.29) is 11.7 Å². The van der Waals surface area contributed by atoms with E-state index in [1.165, 1.54) is 23.1 Å². The minimum atomic E-state index is -0.516. The van der Waals surface area contributed by atoms with Gasteiger partial charge in [-0.1, -0.05) is 6.07 Å². The van der Waals surface area contributed by atoms with Crippen LogP contribution in [0.15, 0.2) is 24.3 Å². The predicted octanol–water partition coefficient (Wildman–Crippen LogP) is 2.30. The molecule has 0 fully saturated rings. The highest BCUT2D eigenvalue weighted by molar-refractivity contribution is 6.18. The van der Waals surface area contributed by atoms with Crippen LogP contribution in [0.2, 0.25) is 0 Å². The first-order valence-corrected chi connectivity index (χ1v) is 5.40. The molecular weight excluding hydrogens is 246 g/mol. The molecule has 0 saturated heterocycles. The Morgan fingerprint density at radius 3 is 2.88 bits per heavy atom. The summed E-state index contributed by atoms with van der Waals surface area (Å²) in [6.45, 7) is 0.405. The van der Waals surface area contributed by atoms with Crippen molar-refractivity contribution in [2.24, 2.45) is 0 Å². The maximum absolute atomic E-state index is 11.6. The SMILES string of the molecule is CN(CCCl)C(=O)Nc1cccc([N+](=O)[O-])c1. The minimum Gasteiger partial charge on any atom is -0.326 e. The number of hydrogen-bond donors (Lipinski definition) is 1. The average Bonchev–Trinajstić information content (AvgIpc) is 2.29. The molecule has 6 nitrogen and oxygen atoms in total. The number of carbonyl (C=O) groups is 1. The van der Waals surface area contributed by atoms with E-state index in [1.54, 1.807) is 13.1 Å². The highest BCUT2D eigenvalue weighted by Crippen LogP contribution is 2.17. The molecule has 1 aromatic carbocycles. The summed E-state index contributed by atoms with van der Waals surface area (Å²) in [6.07, 6.45) is 0. The van der Waals surface area contributed by atoms with Crippen LogP contribution in [0.4, 0.5) is 16.2 Å². The van der Waals surface area contributed by atoms with E-state index in [1.807, 2.05) is 0 Å². The third-order valence-electron chi connectivity index (χ3n) is 2.07. The summed E-state index contributed by atoms with van der Waals surface area (Å²) in [4.78, 5) is 23.0. The molecule has 92 valence electrons. The number of amides is 2. The van der Waals surface area contributed by atoms with E-state index < -0.39 is 4.92 Å². The summed E-state index contributed by atoms with van der Waals surface area (Å²) in [7, 11) is 1.59. The lowest BCUT2D eigenvalue weighted by atomic mass is 10.3. The molecule has 0 bridgehead atoms. The summed E-state index contributed by atoms with van der Waals surface area (Å²) in [6, 6.07) is 5.39. The van der Waals surface area contributed by atoms with E-state index in [0.29, 0.717) is 18.1 Å². The van der Waals surface area contributed by atoms with Gasteiger partial charge in [0.25, 0.3) is 5.69 Å². The number of benzene rings is 1. The molecule has 0 aliphatic heterocycles. The fraction of sp³-hybridized carbons (Fsp3) is 0.300. The standard InChI is InChI=1S/C10H12ClN3O3/c1-13(6-5-11)10(15)12-8-3-2-4-9(7-8)14(16)17/h2-4,7H,5-6H2,1H3,(H,12,15). The fourth-order valence-corrected chi connectivity index (χ4v) is 1.40. The van der Waals surface area contributed by atoms with Gasteiger partial charge in [-0.15, -0.1) is 11.6 Å². The second kappa shape index (κ2) is 6.05. The van der Waals surface area contributed by atoms with Crippen molar-refractivity contribution in [2.75, 3.05) is 24.8 Å². The molecule has 0 heterocycles. The van der Waals surface area contributed by atoms with Gasteiger partial charge in [-0.05, 0) is 6.07 Å². The first-order chi connectivity index (χ1) is 8.04. The Balaban J connectivity index is 2.71. The number of non-ortho nitro benzene ring substituents is 1. The smallest absolute Gasteiger partial charge is 0.321 e. The maximum Gasteiger partial charge on any atom is 0.321 e. The van der Waals surface area contributed by atoms with Gasteiger partial charge in [0.05, 0.1) is 4.92 Å². The van der Waals surface area contributed by atoms with Gasteiger partial charge in [-0.25, -0.2) is 4.79 Å². The molecule has 17 heavy (non-hydrogen) atoms. The van der Waals surface area contributed by atoms with E-state index in [0.717, 1.165) is 0 Å². The summed E-state index contributed by atoms with van der Waals surface area (Å²) in [5.41, 5.74) is 0.313. The van der Waals surface area contributed by atoms with Gasteiger partial charge in [0.1, 0.15) is 0 Å². The number of halogens is 1. The number of anilines is 1. The molecule has 1 rings (SSSR count). The average molecular weight is 258 g/mol. The molecule has 0 aromatic heterocycles. The molecule has 0 aliphatic carbocycles. The first kappa shape index (κ1) is 13.2. The molecule has 0 unspecified atom stereocenters. The normalized spacial score (nSPS) is 9.76. The van der Waals surface area contributed by atoms with Gasteiger partial charge in [0, 0.05) is 37.3 Å². The number of carbonyl (C=O) groups excluding carboxylic acids is 1. The van der Waals surface area contributed by atoms with Crippen molar-refractivity contribution in [2.45, 2.75) is 0 Å². The van der Waals surface area contributed by atoms with Gasteiger partial charge in [-0.3, -0.25) is 10.1 Å². The molecule has 1 N–H and O–H groups in total. The second-order valence-electron chi connectivity index (χ2n) is 3.35. The molecule has 0 spiro atoms. The van der Waals surface area contributed by atoms with Crippen molar-refractivity contribution >= 4 is 29.0 Å². The van der Waals surface area contributed by atoms with Crippen molar-refractivity contribution in [3.8, 4) is 0 Å². The van der Waals surface area contributed by atoms with Gasteiger partial charge in [-0.2, -0.15) is 0 Å². The van der Waals surface area contributed by atoms with Crippen molar-refractivity contribution in [1.82, 2.24) is 4.90 Å². The lowest BCUT2D eigenvalue weighted by molar-refractivity contribution is -0.384. The number of rotatable bonds is 4. The Morgan fingerprint density at radius 1 is 1.59 bits per heavy atom. The Kier molecular flexibility index (Phi) is 4.71. The number of nitrogens with one attached hydrogen (secondary N) is 1. The molecule has 7 heteroatoms. The summed E-state index contributed by atoms with van der Waals surface area (Å²) < 4.78 is 0. The number of urea groups is 1. The van der Waals surface area contributed by atoms with Crippen molar-refractivity contribution < 1.29 is 9.72 Å². The third-order valence-corrected chi connectivity index (χ3v) is 2.24. The van der Waals surface area contributed by atoms with Crippen LogP contribution in [-0.2, 0) is 0 Å². The first-order valence-electron chi connectivity index (χ1n) is 4.87. The van der Waals surface area contributed by atoms with Crippen LogP contribution in [-0.4, -0.2) is 35.3 Å². The van der Waals surface area contributed by atoms with E-state index in [9.17, 15) is 14.9 Å². The third kappa shape index (κ3) is 3.92. The quantitative estimate of drug-likeness (QED) is 0.511. The minimum absolute atomic E-state index is 0.0669. The van der Waals surface area contributed by atoms with Crippen LogP contribution in [0.3, 0.4) is 0 Å². The zero-order chi connectivity index (χ0) is 12.8. The second-order valence-corrected chi connectivity index (χ2v) is 3.73. The number of alkyl halides is 1. The Bertz CT molecular complexity index is 425. The monoisotopic (exact) mass is 257 g/mol. The topological polar surface area (TPSA) is 75.5 Å². The summed E-state index contributed by atoms with van der Waals surface area (Å²) in [5, 5.41) is 13.1. The maximum atomic E-state index is 11.6. The number of nitro benzene ring substituents is 1. The van der Waals surface area contributed by atoms with Gasteiger partial charge in [0.2, 0.25) is 0 Å². The van der Waals surface area contributed by atoms with Gasteiger partial charge in [0.15, 0.2) is 0 Å². The molecule has 2 amide bonds. The molecule has 0 atom stereocenters. The van der Waals surface area contributed by atoms with Crippen LogP contribution in [0, 0.1) is 10.1 Å². The predicted molar refractivity (Wildman–Crippen MR) is 65.5 cm³/mol. The molecule has 0 saturated carbocycles. The lowest BCUT2D eigenvalue weighted by Gasteiger charge is -2.16. The van der Waals surface area contributed by atoms with E-state index in [2.05, 4.69) is 5.32 Å². The van der Waals surface area contributed by atoms with Crippen LogP contribution in [0.25, 0.3) is 0 Å². The Morgan fingerprint density at radius 2 is 2.29 bits per heavy atom. The zero-order valence-electron chi connectivity index (χ0n) is 9.22.